The molecule has 0 aliphatic carbocycles. The van der Waals surface area contributed by atoms with Crippen LogP contribution in [0.1, 0.15) is 0 Å². The number of benzene rings is 1. The highest BCUT2D eigenvalue weighted by atomic mass is 16.7. The maximum absolute atomic E-state index is 12.7. The van der Waals surface area contributed by atoms with Crippen LogP contribution in [0.4, 0.5) is 4.79 Å². The van der Waals surface area contributed by atoms with Crippen LogP contribution in [0, 0.1) is 5.92 Å². The van der Waals surface area contributed by atoms with Crippen molar-refractivity contribution >= 4 is 17.9 Å². The molecule has 1 saturated heterocycles. The van der Waals surface area contributed by atoms with Crippen molar-refractivity contribution in [2.45, 2.75) is 49.3 Å². The van der Waals surface area contributed by atoms with Crippen LogP contribution in [0.2, 0.25) is 0 Å². The Morgan fingerprint density at radius 1 is 1.21 bits per heavy atom. The van der Waals surface area contributed by atoms with Gasteiger partial charge in [-0.15, -0.1) is 0 Å². The van der Waals surface area contributed by atoms with Gasteiger partial charge in [-0.05, 0) is 24.3 Å². The van der Waals surface area contributed by atoms with Crippen molar-refractivity contribution in [2.24, 2.45) is 11.7 Å². The molecule has 15 nitrogen and oxygen atoms in total. The number of ether oxygens (including phenoxy) is 5. The first kappa shape index (κ1) is 28.4. The molecule has 0 aromatic heterocycles. The molecule has 0 spiro atoms. The Labute approximate surface area is 221 Å². The average Bonchev–Trinajstić information content (AvgIpc) is 3.22. The number of nitrogens with two attached hydrogens (primary N) is 1. The van der Waals surface area contributed by atoms with Crippen molar-refractivity contribution < 1.29 is 58.5 Å². The molecule has 3 aliphatic rings. The monoisotopic (exact) mass is 551 g/mol. The summed E-state index contributed by atoms with van der Waals surface area (Å²) in [5, 5.41) is 43.0. The first-order chi connectivity index (χ1) is 18.6. The number of esters is 1. The van der Waals surface area contributed by atoms with Crippen molar-refractivity contribution in [3.8, 4) is 5.75 Å². The number of hydrogen-bond acceptors (Lipinski definition) is 12. The van der Waals surface area contributed by atoms with E-state index in [2.05, 4.69) is 5.32 Å². The first-order valence-electron chi connectivity index (χ1n) is 11.9. The zero-order valence-electron chi connectivity index (χ0n) is 20.6. The Kier molecular flexibility index (Phi) is 8.81. The van der Waals surface area contributed by atoms with Gasteiger partial charge in [0.25, 0.3) is 0 Å². The number of nitrogens with one attached hydrogen (secondary N) is 1. The number of methoxy groups -OCH3 is 1. The second kappa shape index (κ2) is 12.1. The van der Waals surface area contributed by atoms with Gasteiger partial charge >= 0.3 is 12.0 Å². The Balaban J connectivity index is 1.54. The van der Waals surface area contributed by atoms with E-state index >= 15 is 0 Å². The van der Waals surface area contributed by atoms with Gasteiger partial charge in [-0.3, -0.25) is 9.69 Å². The van der Waals surface area contributed by atoms with Gasteiger partial charge in [-0.2, -0.15) is 0 Å². The van der Waals surface area contributed by atoms with Gasteiger partial charge in [0, 0.05) is 13.3 Å². The average molecular weight is 552 g/mol. The van der Waals surface area contributed by atoms with Crippen LogP contribution < -0.4 is 15.8 Å². The molecular weight excluding hydrogens is 522 g/mol. The highest BCUT2D eigenvalue weighted by Gasteiger charge is 2.54. The first-order valence-corrected chi connectivity index (χ1v) is 11.9. The van der Waals surface area contributed by atoms with Gasteiger partial charge in [-0.25, -0.2) is 9.59 Å². The molecule has 3 amide bonds. The van der Waals surface area contributed by atoms with E-state index in [-0.39, 0.29) is 5.75 Å². The highest BCUT2D eigenvalue weighted by molar-refractivity contribution is 5.88. The van der Waals surface area contributed by atoms with Crippen LogP contribution in [0.5, 0.6) is 5.75 Å². The minimum absolute atomic E-state index is 0.198. The van der Waals surface area contributed by atoms with E-state index in [1.165, 1.54) is 31.5 Å². The second-order valence-electron chi connectivity index (χ2n) is 8.84. The van der Waals surface area contributed by atoms with Gasteiger partial charge in [0.1, 0.15) is 30.3 Å². The second-order valence-corrected chi connectivity index (χ2v) is 8.84. The molecule has 3 aliphatic heterocycles. The summed E-state index contributed by atoms with van der Waals surface area (Å²) in [6.07, 6.45) is -8.11. The van der Waals surface area contributed by atoms with Crippen molar-refractivity contribution in [1.29, 1.82) is 0 Å². The fourth-order valence-electron chi connectivity index (χ4n) is 4.34. The molecule has 1 aromatic carbocycles. The zero-order chi connectivity index (χ0) is 28.3. The van der Waals surface area contributed by atoms with Gasteiger partial charge in [0.15, 0.2) is 12.3 Å². The van der Waals surface area contributed by atoms with Gasteiger partial charge in [0.05, 0.1) is 18.6 Å². The zero-order valence-corrected chi connectivity index (χ0v) is 20.6. The van der Waals surface area contributed by atoms with Crippen LogP contribution in [0.15, 0.2) is 54.4 Å². The Morgan fingerprint density at radius 2 is 1.92 bits per heavy atom. The summed E-state index contributed by atoms with van der Waals surface area (Å²) in [5.41, 5.74) is 5.58. The number of para-hydroxylation sites is 1. The molecule has 15 heteroatoms. The lowest BCUT2D eigenvalue weighted by molar-refractivity contribution is -0.232. The number of nitrogens with zero attached hydrogens (tertiary/aromatic N) is 1. The van der Waals surface area contributed by atoms with Crippen molar-refractivity contribution in [3.05, 3.63) is 54.4 Å². The van der Waals surface area contributed by atoms with E-state index in [1.54, 1.807) is 18.2 Å². The number of aliphatic hydroxyl groups excluding tert-OH is 4. The van der Waals surface area contributed by atoms with Crippen molar-refractivity contribution in [2.75, 3.05) is 13.7 Å². The normalized spacial score (nSPS) is 33.1. The number of carbonyl (C=O) groups excluding carboxylic acids is 3. The summed E-state index contributed by atoms with van der Waals surface area (Å²) < 4.78 is 27.6. The summed E-state index contributed by atoms with van der Waals surface area (Å²) in [7, 11) is 1.22. The van der Waals surface area contributed by atoms with E-state index in [0.717, 1.165) is 11.0 Å². The van der Waals surface area contributed by atoms with E-state index in [0.29, 0.717) is 0 Å². The summed E-state index contributed by atoms with van der Waals surface area (Å²) >= 11 is 0. The lowest BCUT2D eigenvalue weighted by Crippen LogP contribution is -2.53. The summed E-state index contributed by atoms with van der Waals surface area (Å²) in [5.74, 6) is -3.49. The molecule has 0 radical (unpaired) electrons. The van der Waals surface area contributed by atoms with E-state index in [9.17, 15) is 34.8 Å². The lowest BCUT2D eigenvalue weighted by atomic mass is 9.98. The predicted octanol–water partition coefficient (Wildman–Crippen LogP) is -2.37. The number of primary amides is 1. The van der Waals surface area contributed by atoms with Gasteiger partial charge in [0.2, 0.25) is 18.0 Å². The number of amides is 3. The molecule has 3 heterocycles. The van der Waals surface area contributed by atoms with Crippen LogP contribution in [-0.4, -0.2) is 106 Å². The smallest absolute Gasteiger partial charge is 0.378 e. The molecule has 39 heavy (non-hydrogen) atoms. The fourth-order valence-corrected chi connectivity index (χ4v) is 4.34. The third-order valence-electron chi connectivity index (χ3n) is 6.31. The number of carbonyl (C=O) groups is 3. The maximum atomic E-state index is 12.7. The topological polar surface area (TPSA) is 220 Å². The summed E-state index contributed by atoms with van der Waals surface area (Å²) in [4.78, 5) is 38.4. The van der Waals surface area contributed by atoms with E-state index in [1.807, 2.05) is 0 Å². The number of rotatable bonds is 9. The molecule has 4 rings (SSSR count). The third-order valence-corrected chi connectivity index (χ3v) is 6.31. The standard InChI is InChI=1S/C24H29N3O12/c1-35-17-16(31)21(27-8-7-15(30)26-24(27)34)38-18(17)19(20(25)32)39-23-12(10-28)13(29)9-14(37-23)22(33)36-11-5-3-2-4-6-11/h2-9,12-13,15-19,21,23,28-31H,10H2,1H3,(H2,25,32)(H,26,34)/t12-,13-,15?,16+,17-,18-,19+,21+,23+/m0/s1. The van der Waals surface area contributed by atoms with Gasteiger partial charge in [-0.1, -0.05) is 18.2 Å². The summed E-state index contributed by atoms with van der Waals surface area (Å²) in [6, 6.07) is 7.24. The Hall–Kier alpha value is -3.57. The molecule has 1 unspecified atom stereocenters. The number of urea groups is 1. The predicted molar refractivity (Wildman–Crippen MR) is 127 cm³/mol. The Bertz CT molecular complexity index is 1110. The molecule has 0 bridgehead atoms. The SMILES string of the molecule is CO[C@H]1[C@@H](O)[C@H](N2C=CC(O)NC2=O)O[C@@H]1[C@@H](O[C@H]1OC(C(=O)Oc2ccccc2)=C[C@H](O)[C@@H]1CO)C(N)=O. The van der Waals surface area contributed by atoms with Crippen LogP contribution in [0.25, 0.3) is 0 Å². The van der Waals surface area contributed by atoms with E-state index in [4.69, 9.17) is 29.4 Å². The van der Waals surface area contributed by atoms with Crippen molar-refractivity contribution in [1.82, 2.24) is 10.2 Å². The van der Waals surface area contributed by atoms with Crippen LogP contribution >= 0.6 is 0 Å². The molecule has 212 valence electrons. The maximum Gasteiger partial charge on any atom is 0.378 e. The third kappa shape index (κ3) is 6.04. The minimum atomic E-state index is -1.72. The highest BCUT2D eigenvalue weighted by Crippen LogP contribution is 2.33. The largest absolute Gasteiger partial charge is 0.457 e. The van der Waals surface area contributed by atoms with E-state index < -0.39 is 85.5 Å². The van der Waals surface area contributed by atoms with Crippen LogP contribution in [-0.2, 0) is 28.5 Å². The van der Waals surface area contributed by atoms with Crippen molar-refractivity contribution in [3.63, 3.8) is 0 Å². The van der Waals surface area contributed by atoms with Crippen LogP contribution in [0.3, 0.4) is 0 Å². The number of aliphatic hydroxyl groups is 4. The molecule has 7 N–H and O–H groups in total. The quantitative estimate of drug-likeness (QED) is 0.140. The number of hydrogen-bond donors (Lipinski definition) is 6. The fraction of sp³-hybridized carbons (Fsp3) is 0.458. The summed E-state index contributed by atoms with van der Waals surface area (Å²) in [6.45, 7) is -0.680. The lowest BCUT2D eigenvalue weighted by Gasteiger charge is -2.36. The molecule has 0 saturated carbocycles. The molecule has 1 fully saturated rings. The van der Waals surface area contributed by atoms with Gasteiger partial charge < -0.3 is 55.2 Å². The molecule has 9 atom stereocenters. The molecular formula is C24H29N3O12. The Morgan fingerprint density at radius 3 is 2.54 bits per heavy atom. The molecule has 1 aromatic rings. The minimum Gasteiger partial charge on any atom is -0.457 e.